The summed E-state index contributed by atoms with van der Waals surface area (Å²) in [5.74, 6) is 0.151. The number of hydrogen-bond donors (Lipinski definition) is 1. The molecular weight excluding hydrogens is 328 g/mol. The van der Waals surface area contributed by atoms with E-state index in [9.17, 15) is 4.79 Å². The summed E-state index contributed by atoms with van der Waals surface area (Å²) in [5, 5.41) is 16.1. The van der Waals surface area contributed by atoms with Crippen LogP contribution in [0.15, 0.2) is 71.8 Å². The molecule has 0 saturated carbocycles. The van der Waals surface area contributed by atoms with Crippen molar-refractivity contribution in [3.8, 4) is 11.4 Å². The molecule has 2 aromatic carbocycles. The number of carbonyl (C=O) groups is 1. The molecule has 1 amide bonds. The first-order valence-electron chi connectivity index (χ1n) is 8.10. The third-order valence-corrected chi connectivity index (χ3v) is 3.44. The molecule has 1 N–H and O–H groups in total. The van der Waals surface area contributed by atoms with Gasteiger partial charge in [-0.25, -0.2) is 5.43 Å². The Bertz CT molecular complexity index is 915. The molecule has 0 spiro atoms. The van der Waals surface area contributed by atoms with Crippen LogP contribution in [-0.4, -0.2) is 31.8 Å². The molecule has 0 bridgehead atoms. The van der Waals surface area contributed by atoms with Gasteiger partial charge in [0, 0.05) is 5.56 Å². The van der Waals surface area contributed by atoms with Crippen LogP contribution in [0.1, 0.15) is 12.5 Å². The number of hydrogen-bond acceptors (Lipinski definition) is 5. The molecule has 26 heavy (non-hydrogen) atoms. The Balaban J connectivity index is 1.54. The van der Waals surface area contributed by atoms with E-state index in [1.807, 2.05) is 72.8 Å². The lowest BCUT2D eigenvalue weighted by Crippen LogP contribution is -2.25. The number of amides is 1. The average Bonchev–Trinajstić information content (AvgIpc) is 3.15. The van der Waals surface area contributed by atoms with Crippen molar-refractivity contribution in [2.45, 2.75) is 13.5 Å². The van der Waals surface area contributed by atoms with Gasteiger partial charge < -0.3 is 0 Å². The van der Waals surface area contributed by atoms with Crippen LogP contribution in [0.25, 0.3) is 17.5 Å². The molecule has 0 saturated heterocycles. The predicted octanol–water partition coefficient (Wildman–Crippen LogP) is 2.55. The summed E-state index contributed by atoms with van der Waals surface area (Å²) in [6.45, 7) is 1.75. The number of allylic oxidation sites excluding steroid dienone is 1. The van der Waals surface area contributed by atoms with Gasteiger partial charge >= 0.3 is 0 Å². The topological polar surface area (TPSA) is 85.1 Å². The van der Waals surface area contributed by atoms with Crippen molar-refractivity contribution in [1.82, 2.24) is 25.6 Å². The Kier molecular flexibility index (Phi) is 5.61. The normalized spacial score (nSPS) is 11.7. The molecule has 7 nitrogen and oxygen atoms in total. The van der Waals surface area contributed by atoms with Gasteiger partial charge in [-0.05, 0) is 23.8 Å². The van der Waals surface area contributed by atoms with Gasteiger partial charge in [-0.1, -0.05) is 66.7 Å². The molecule has 0 radical (unpaired) electrons. The average molecular weight is 346 g/mol. The number of rotatable bonds is 6. The zero-order valence-corrected chi connectivity index (χ0v) is 14.3. The van der Waals surface area contributed by atoms with Crippen LogP contribution in [0.5, 0.6) is 0 Å². The first-order valence-corrected chi connectivity index (χ1v) is 8.10. The highest BCUT2D eigenvalue weighted by atomic mass is 16.2. The smallest absolute Gasteiger partial charge is 0.263 e. The van der Waals surface area contributed by atoms with Gasteiger partial charge in [0.2, 0.25) is 5.82 Å². The third-order valence-electron chi connectivity index (χ3n) is 3.44. The van der Waals surface area contributed by atoms with E-state index in [2.05, 4.69) is 25.9 Å². The summed E-state index contributed by atoms with van der Waals surface area (Å²) in [6.07, 6.45) is 3.76. The molecule has 0 aliphatic heterocycles. The maximum Gasteiger partial charge on any atom is 0.263 e. The Morgan fingerprint density at radius 3 is 2.54 bits per heavy atom. The Morgan fingerprint density at radius 2 is 1.81 bits per heavy atom. The maximum atomic E-state index is 12.0. The molecule has 3 rings (SSSR count). The van der Waals surface area contributed by atoms with Crippen molar-refractivity contribution < 1.29 is 4.79 Å². The molecule has 1 heterocycles. The van der Waals surface area contributed by atoms with Crippen LogP contribution in [0.3, 0.4) is 0 Å². The number of benzene rings is 2. The number of tetrazole rings is 1. The van der Waals surface area contributed by atoms with E-state index in [4.69, 9.17) is 0 Å². The van der Waals surface area contributed by atoms with E-state index in [-0.39, 0.29) is 12.5 Å². The van der Waals surface area contributed by atoms with Crippen LogP contribution in [0, 0.1) is 0 Å². The molecular formula is C19H18N6O. The van der Waals surface area contributed by atoms with Crippen molar-refractivity contribution in [3.63, 3.8) is 0 Å². The van der Waals surface area contributed by atoms with E-state index < -0.39 is 0 Å². The lowest BCUT2D eigenvalue weighted by molar-refractivity contribution is -0.122. The minimum atomic E-state index is -0.325. The van der Waals surface area contributed by atoms with E-state index in [0.29, 0.717) is 11.5 Å². The largest absolute Gasteiger partial charge is 0.271 e. The highest BCUT2D eigenvalue weighted by Gasteiger charge is 2.08. The summed E-state index contributed by atoms with van der Waals surface area (Å²) >= 11 is 0. The lowest BCUT2D eigenvalue weighted by Gasteiger charge is -1.99. The third kappa shape index (κ3) is 4.94. The Morgan fingerprint density at radius 1 is 1.12 bits per heavy atom. The van der Waals surface area contributed by atoms with Gasteiger partial charge in [0.1, 0.15) is 6.54 Å². The second-order valence-corrected chi connectivity index (χ2v) is 5.54. The van der Waals surface area contributed by atoms with Crippen LogP contribution < -0.4 is 5.43 Å². The van der Waals surface area contributed by atoms with Crippen molar-refractivity contribution in [2.24, 2.45) is 5.10 Å². The second kappa shape index (κ2) is 8.48. The maximum absolute atomic E-state index is 12.0. The zero-order valence-electron chi connectivity index (χ0n) is 14.3. The van der Waals surface area contributed by atoms with Crippen molar-refractivity contribution in [2.75, 3.05) is 0 Å². The molecule has 3 aromatic rings. The highest BCUT2D eigenvalue weighted by Crippen LogP contribution is 2.11. The van der Waals surface area contributed by atoms with Gasteiger partial charge in [0.05, 0.1) is 5.71 Å². The van der Waals surface area contributed by atoms with Crippen molar-refractivity contribution >= 4 is 17.7 Å². The van der Waals surface area contributed by atoms with Crippen LogP contribution in [-0.2, 0) is 11.3 Å². The Hall–Kier alpha value is -3.61. The quantitative estimate of drug-likeness (QED) is 0.549. The van der Waals surface area contributed by atoms with Crippen LogP contribution in [0.2, 0.25) is 0 Å². The summed E-state index contributed by atoms with van der Waals surface area (Å²) < 4.78 is 0. The zero-order chi connectivity index (χ0) is 18.2. The minimum Gasteiger partial charge on any atom is -0.271 e. The molecule has 0 aliphatic rings. The standard InChI is InChI=1S/C19H18N6O/c1-15(12-13-16-8-4-2-5-9-16)20-21-18(26)14-25-23-19(22-24-25)17-10-6-3-7-11-17/h2-13H,14H2,1H3,(H,21,26)/b13-12+,20-15-. The number of hydrazone groups is 1. The SMILES string of the molecule is CC(/C=C/c1ccccc1)=N/NC(=O)Cn1nnc(-c2ccccc2)n1. The highest BCUT2D eigenvalue weighted by molar-refractivity contribution is 5.96. The first-order chi connectivity index (χ1) is 12.7. The molecule has 130 valence electrons. The van der Waals surface area contributed by atoms with E-state index in [1.165, 1.54) is 4.80 Å². The summed E-state index contributed by atoms with van der Waals surface area (Å²) in [4.78, 5) is 13.2. The van der Waals surface area contributed by atoms with Gasteiger partial charge in [0.25, 0.3) is 5.91 Å². The monoisotopic (exact) mass is 346 g/mol. The van der Waals surface area contributed by atoms with E-state index in [0.717, 1.165) is 11.1 Å². The summed E-state index contributed by atoms with van der Waals surface area (Å²) in [7, 11) is 0. The van der Waals surface area contributed by atoms with Gasteiger partial charge in [-0.3, -0.25) is 4.79 Å². The van der Waals surface area contributed by atoms with Crippen molar-refractivity contribution in [3.05, 3.63) is 72.3 Å². The first kappa shape index (κ1) is 17.2. The van der Waals surface area contributed by atoms with Crippen molar-refractivity contribution in [1.29, 1.82) is 0 Å². The fourth-order valence-corrected chi connectivity index (χ4v) is 2.15. The fraction of sp³-hybridized carbons (Fsp3) is 0.105. The van der Waals surface area contributed by atoms with Gasteiger partial charge in [-0.15, -0.1) is 10.2 Å². The number of nitrogens with zero attached hydrogens (tertiary/aromatic N) is 5. The summed E-state index contributed by atoms with van der Waals surface area (Å²) in [5.41, 5.74) is 5.07. The molecule has 0 atom stereocenters. The molecule has 0 fully saturated rings. The number of aromatic nitrogens is 4. The van der Waals surface area contributed by atoms with E-state index in [1.54, 1.807) is 6.92 Å². The fourth-order valence-electron chi connectivity index (χ4n) is 2.15. The van der Waals surface area contributed by atoms with Gasteiger partial charge in [0.15, 0.2) is 0 Å². The molecule has 0 unspecified atom stereocenters. The number of carbonyl (C=O) groups excluding carboxylic acids is 1. The minimum absolute atomic E-state index is 0.0565. The van der Waals surface area contributed by atoms with E-state index >= 15 is 0 Å². The molecule has 1 aromatic heterocycles. The summed E-state index contributed by atoms with van der Waals surface area (Å²) in [6, 6.07) is 19.3. The molecule has 7 heteroatoms. The van der Waals surface area contributed by atoms with Crippen LogP contribution in [0.4, 0.5) is 0 Å². The van der Waals surface area contributed by atoms with Gasteiger partial charge in [-0.2, -0.15) is 9.90 Å². The lowest BCUT2D eigenvalue weighted by atomic mass is 10.2. The molecule has 0 aliphatic carbocycles. The van der Waals surface area contributed by atoms with Crippen LogP contribution >= 0.6 is 0 Å². The second-order valence-electron chi connectivity index (χ2n) is 5.54. The predicted molar refractivity (Wildman–Crippen MR) is 100.0 cm³/mol. The Labute approximate surface area is 151 Å². The number of nitrogens with one attached hydrogen (secondary N) is 1.